The molecule has 1 aliphatic heterocycles. The molecule has 1 aromatic carbocycles. The van der Waals surface area contributed by atoms with Crippen molar-refractivity contribution < 1.29 is 13.2 Å². The second kappa shape index (κ2) is 11.3. The number of guanidine groups is 1. The third kappa shape index (κ3) is 8.48. The summed E-state index contributed by atoms with van der Waals surface area (Å²) < 4.78 is 37.0. The maximum Gasteiger partial charge on any atom is 0.401 e. The Morgan fingerprint density at radius 2 is 2.00 bits per heavy atom. The summed E-state index contributed by atoms with van der Waals surface area (Å²) >= 11 is 0. The van der Waals surface area contributed by atoms with Gasteiger partial charge in [-0.25, -0.2) is 0 Å². The third-order valence-corrected chi connectivity index (χ3v) is 4.91. The standard InChI is InChI=1S/C20H32F3N5/c1-24-19(25-11-7-12-27(2)16-20(21,22)23)26-14-18-10-6-13-28(18)15-17-8-4-3-5-9-17/h3-5,8-9,18H,6-7,10-16H2,1-2H3,(H2,24,25,26). The van der Waals surface area contributed by atoms with E-state index in [0.29, 0.717) is 31.5 Å². The third-order valence-electron chi connectivity index (χ3n) is 4.91. The van der Waals surface area contributed by atoms with Crippen molar-refractivity contribution >= 4 is 5.96 Å². The van der Waals surface area contributed by atoms with Crippen molar-refractivity contribution in [2.75, 3.05) is 46.8 Å². The molecule has 1 fully saturated rings. The summed E-state index contributed by atoms with van der Waals surface area (Å²) in [6, 6.07) is 10.9. The Morgan fingerprint density at radius 3 is 2.68 bits per heavy atom. The molecule has 0 amide bonds. The van der Waals surface area contributed by atoms with Crippen molar-refractivity contribution in [3.8, 4) is 0 Å². The van der Waals surface area contributed by atoms with E-state index in [1.807, 2.05) is 6.07 Å². The van der Waals surface area contributed by atoms with Gasteiger partial charge in [0.2, 0.25) is 0 Å². The zero-order chi connectivity index (χ0) is 20.4. The smallest absolute Gasteiger partial charge is 0.356 e. The lowest BCUT2D eigenvalue weighted by molar-refractivity contribution is -0.143. The van der Waals surface area contributed by atoms with Crippen LogP contribution in [0.2, 0.25) is 0 Å². The molecule has 0 spiro atoms. The van der Waals surface area contributed by atoms with E-state index in [9.17, 15) is 13.2 Å². The first-order valence-electron chi connectivity index (χ1n) is 9.85. The largest absolute Gasteiger partial charge is 0.401 e. The Labute approximate surface area is 166 Å². The maximum absolute atomic E-state index is 12.3. The van der Waals surface area contributed by atoms with E-state index < -0.39 is 12.7 Å². The van der Waals surface area contributed by atoms with E-state index in [-0.39, 0.29) is 0 Å². The Kier molecular flexibility index (Phi) is 9.05. The maximum atomic E-state index is 12.3. The lowest BCUT2D eigenvalue weighted by Crippen LogP contribution is -2.45. The predicted octanol–water partition coefficient (Wildman–Crippen LogP) is 2.70. The lowest BCUT2D eigenvalue weighted by atomic mass is 10.2. The Morgan fingerprint density at radius 1 is 1.25 bits per heavy atom. The van der Waals surface area contributed by atoms with Crippen LogP contribution in [0.15, 0.2) is 35.3 Å². The number of rotatable bonds is 9. The molecule has 5 nitrogen and oxygen atoms in total. The number of alkyl halides is 3. The number of benzene rings is 1. The van der Waals surface area contributed by atoms with Crippen LogP contribution in [0.4, 0.5) is 13.2 Å². The van der Waals surface area contributed by atoms with Crippen molar-refractivity contribution in [1.29, 1.82) is 0 Å². The molecule has 1 saturated heterocycles. The molecule has 0 saturated carbocycles. The van der Waals surface area contributed by atoms with Gasteiger partial charge in [0.15, 0.2) is 5.96 Å². The molecule has 0 aromatic heterocycles. The van der Waals surface area contributed by atoms with E-state index in [1.165, 1.54) is 23.9 Å². The van der Waals surface area contributed by atoms with Crippen LogP contribution in [0.1, 0.15) is 24.8 Å². The number of hydrogen-bond acceptors (Lipinski definition) is 3. The van der Waals surface area contributed by atoms with Gasteiger partial charge < -0.3 is 10.6 Å². The average Bonchev–Trinajstić information content (AvgIpc) is 3.07. The van der Waals surface area contributed by atoms with E-state index in [0.717, 1.165) is 26.1 Å². The zero-order valence-corrected chi connectivity index (χ0v) is 16.8. The highest BCUT2D eigenvalue weighted by molar-refractivity contribution is 5.79. The molecule has 0 bridgehead atoms. The number of aliphatic imine (C=N–C) groups is 1. The monoisotopic (exact) mass is 399 g/mol. The van der Waals surface area contributed by atoms with E-state index in [4.69, 9.17) is 0 Å². The molecule has 2 rings (SSSR count). The summed E-state index contributed by atoms with van der Waals surface area (Å²) in [4.78, 5) is 7.99. The molecule has 1 atom stereocenters. The van der Waals surface area contributed by atoms with E-state index in [2.05, 4.69) is 44.8 Å². The van der Waals surface area contributed by atoms with Gasteiger partial charge in [-0.05, 0) is 45.0 Å². The summed E-state index contributed by atoms with van der Waals surface area (Å²) in [5, 5.41) is 6.55. The van der Waals surface area contributed by atoms with Crippen LogP contribution < -0.4 is 10.6 Å². The van der Waals surface area contributed by atoms with Gasteiger partial charge in [0.1, 0.15) is 0 Å². The van der Waals surface area contributed by atoms with Crippen molar-refractivity contribution in [2.24, 2.45) is 4.99 Å². The van der Waals surface area contributed by atoms with Gasteiger partial charge in [0, 0.05) is 32.7 Å². The van der Waals surface area contributed by atoms with Gasteiger partial charge in [-0.1, -0.05) is 30.3 Å². The Balaban J connectivity index is 1.67. The molecule has 1 aromatic rings. The van der Waals surface area contributed by atoms with Crippen LogP contribution in [0.3, 0.4) is 0 Å². The molecule has 1 aliphatic rings. The van der Waals surface area contributed by atoms with Gasteiger partial charge in [-0.2, -0.15) is 13.2 Å². The predicted molar refractivity (Wildman–Crippen MR) is 107 cm³/mol. The fourth-order valence-corrected chi connectivity index (χ4v) is 3.53. The van der Waals surface area contributed by atoms with Crippen LogP contribution in [-0.2, 0) is 6.54 Å². The fourth-order valence-electron chi connectivity index (χ4n) is 3.53. The highest BCUT2D eigenvalue weighted by atomic mass is 19.4. The van der Waals surface area contributed by atoms with Gasteiger partial charge in [0.05, 0.1) is 6.54 Å². The summed E-state index contributed by atoms with van der Waals surface area (Å²) in [6.07, 6.45) is -1.18. The molecule has 8 heteroatoms. The minimum atomic E-state index is -4.15. The second-order valence-corrected chi connectivity index (χ2v) is 7.34. The van der Waals surface area contributed by atoms with E-state index >= 15 is 0 Å². The molecule has 28 heavy (non-hydrogen) atoms. The van der Waals surface area contributed by atoms with Gasteiger partial charge in [-0.15, -0.1) is 0 Å². The van der Waals surface area contributed by atoms with Gasteiger partial charge >= 0.3 is 6.18 Å². The molecule has 1 unspecified atom stereocenters. The Hall–Kier alpha value is -1.80. The summed E-state index contributed by atoms with van der Waals surface area (Å²) in [7, 11) is 3.20. The van der Waals surface area contributed by atoms with Crippen LogP contribution in [0, 0.1) is 0 Å². The number of nitrogens with zero attached hydrogens (tertiary/aromatic N) is 3. The minimum absolute atomic E-state index is 0.386. The molecule has 158 valence electrons. The summed E-state index contributed by atoms with van der Waals surface area (Å²) in [5.41, 5.74) is 1.32. The summed E-state index contributed by atoms with van der Waals surface area (Å²) in [6.45, 7) is 2.94. The van der Waals surface area contributed by atoms with Crippen molar-refractivity contribution in [3.05, 3.63) is 35.9 Å². The molecule has 0 radical (unpaired) electrons. The average molecular weight is 400 g/mol. The van der Waals surface area contributed by atoms with Crippen molar-refractivity contribution in [3.63, 3.8) is 0 Å². The van der Waals surface area contributed by atoms with Crippen LogP contribution in [-0.4, -0.2) is 74.8 Å². The van der Waals surface area contributed by atoms with Crippen molar-refractivity contribution in [2.45, 2.75) is 38.0 Å². The van der Waals surface area contributed by atoms with Gasteiger partial charge in [-0.3, -0.25) is 14.8 Å². The highest BCUT2D eigenvalue weighted by Gasteiger charge is 2.28. The fraction of sp³-hybridized carbons (Fsp3) is 0.650. The molecule has 2 N–H and O–H groups in total. The van der Waals surface area contributed by atoms with Gasteiger partial charge in [0.25, 0.3) is 0 Å². The highest BCUT2D eigenvalue weighted by Crippen LogP contribution is 2.19. The quantitative estimate of drug-likeness (QED) is 0.381. The lowest BCUT2D eigenvalue weighted by Gasteiger charge is -2.25. The molecular formula is C20H32F3N5. The van der Waals surface area contributed by atoms with Crippen LogP contribution in [0.25, 0.3) is 0 Å². The number of nitrogens with one attached hydrogen (secondary N) is 2. The van der Waals surface area contributed by atoms with Crippen LogP contribution in [0.5, 0.6) is 0 Å². The zero-order valence-electron chi connectivity index (χ0n) is 16.8. The number of halogens is 3. The Bertz CT molecular complexity index is 591. The number of likely N-dealkylation sites (tertiary alicyclic amines) is 1. The summed E-state index contributed by atoms with van der Waals surface area (Å²) in [5.74, 6) is 0.699. The van der Waals surface area contributed by atoms with Crippen molar-refractivity contribution in [1.82, 2.24) is 20.4 Å². The first kappa shape index (κ1) is 22.5. The molecule has 0 aliphatic carbocycles. The first-order chi connectivity index (χ1) is 13.4. The van der Waals surface area contributed by atoms with Crippen LogP contribution >= 0.6 is 0 Å². The topological polar surface area (TPSA) is 42.9 Å². The molecule has 1 heterocycles. The molecular weight excluding hydrogens is 367 g/mol. The normalized spacial score (nSPS) is 18.6. The SMILES string of the molecule is CN=C(NCCCN(C)CC(F)(F)F)NCC1CCCN1Cc1ccccc1. The number of hydrogen-bond donors (Lipinski definition) is 2. The van der Waals surface area contributed by atoms with E-state index in [1.54, 1.807) is 7.05 Å². The second-order valence-electron chi connectivity index (χ2n) is 7.34. The minimum Gasteiger partial charge on any atom is -0.356 e. The first-order valence-corrected chi connectivity index (χ1v) is 9.85.